The van der Waals surface area contributed by atoms with Crippen LogP contribution in [-0.4, -0.2) is 208 Å². The lowest BCUT2D eigenvalue weighted by Gasteiger charge is -2.21. The predicted molar refractivity (Wildman–Crippen MR) is 356 cm³/mol. The SMILES string of the molecule is CCCC(=O)CCCOCCOCC(=O)NCCOCCOCC(=O)NCCCC[C@H](CC(=O)[C@@H](N)Cc1cnc[nH]1)C(=O)C[C@H](C(=O)O)[C@@H](N)O.C[C@H](NC(=O)CC[C@H](CC(=O)CC[C@H](NC(=O)CCCCCCCCCCCCCCCCC(=O)O)C(=O)O)C(=O)O)C(=O)O.[HH].[HH]. The van der Waals surface area contributed by atoms with Gasteiger partial charge in [-0.2, -0.15) is 0 Å². The maximum Gasteiger partial charge on any atom is 0.326 e. The van der Waals surface area contributed by atoms with E-state index < -0.39 is 108 Å². The summed E-state index contributed by atoms with van der Waals surface area (Å²) < 4.78 is 21.3. The number of H-pyrrole nitrogens is 1. The molecule has 1 heterocycles. The predicted octanol–water partition coefficient (Wildman–Crippen LogP) is 4.59. The van der Waals surface area contributed by atoms with Gasteiger partial charge in [-0.05, 0) is 58.3 Å². The molecule has 0 aliphatic carbocycles. The topological polar surface area (TPSA) is 509 Å². The number of hydrogen-bond acceptors (Lipinski definition) is 21. The van der Waals surface area contributed by atoms with Gasteiger partial charge in [0.25, 0.3) is 0 Å². The number of ether oxygens (including phenoxy) is 4. The van der Waals surface area contributed by atoms with Crippen molar-refractivity contribution in [1.29, 1.82) is 0 Å². The molecule has 1 aromatic heterocycles. The van der Waals surface area contributed by atoms with Gasteiger partial charge in [-0.1, -0.05) is 90.4 Å². The second-order valence-corrected chi connectivity index (χ2v) is 24.1. The number of aliphatic carboxylic acids is 5. The summed E-state index contributed by atoms with van der Waals surface area (Å²) in [5, 5.41) is 65.2. The third kappa shape index (κ3) is 51.7. The van der Waals surface area contributed by atoms with Gasteiger partial charge >= 0.3 is 29.8 Å². The van der Waals surface area contributed by atoms with Gasteiger partial charge in [-0.3, -0.25) is 57.5 Å². The van der Waals surface area contributed by atoms with Crippen molar-refractivity contribution in [3.63, 3.8) is 0 Å². The van der Waals surface area contributed by atoms with Crippen LogP contribution < -0.4 is 32.7 Å². The van der Waals surface area contributed by atoms with Gasteiger partial charge in [-0.15, -0.1) is 0 Å². The fourth-order valence-corrected chi connectivity index (χ4v) is 9.79. The first-order valence-corrected chi connectivity index (χ1v) is 34.1. The molecule has 15 N–H and O–H groups in total. The van der Waals surface area contributed by atoms with Gasteiger partial charge in [0, 0.05) is 105 Å². The molecule has 31 nitrogen and oxygen atoms in total. The monoisotopic (exact) mass is 1390 g/mol. The molecule has 0 saturated carbocycles. The Bertz CT molecular complexity index is 2460. The van der Waals surface area contributed by atoms with Crippen LogP contribution in [0.25, 0.3) is 0 Å². The number of carbonyl (C=O) groups excluding carboxylic acids is 8. The van der Waals surface area contributed by atoms with Crippen LogP contribution in [-0.2, 0) is 87.7 Å². The molecule has 0 fully saturated rings. The van der Waals surface area contributed by atoms with Crippen LogP contribution in [0.2, 0.25) is 0 Å². The Morgan fingerprint density at radius 1 is 0.495 bits per heavy atom. The largest absolute Gasteiger partial charge is 0.481 e. The summed E-state index contributed by atoms with van der Waals surface area (Å²) in [6.45, 7) is 5.19. The Hall–Kier alpha value is -7.16. The van der Waals surface area contributed by atoms with E-state index in [0.717, 1.165) is 57.8 Å². The lowest BCUT2D eigenvalue weighted by Crippen LogP contribution is -2.41. The zero-order valence-electron chi connectivity index (χ0n) is 56.9. The van der Waals surface area contributed by atoms with Crippen molar-refractivity contribution in [3.05, 3.63) is 18.2 Å². The van der Waals surface area contributed by atoms with Crippen molar-refractivity contribution < 1.29 is 115 Å². The smallest absolute Gasteiger partial charge is 0.326 e. The first kappa shape index (κ1) is 89.8. The van der Waals surface area contributed by atoms with Crippen molar-refractivity contribution in [2.24, 2.45) is 29.2 Å². The quantitative estimate of drug-likeness (QED) is 0.0313. The van der Waals surface area contributed by atoms with Crippen LogP contribution in [0.15, 0.2) is 12.5 Å². The summed E-state index contributed by atoms with van der Waals surface area (Å²) >= 11 is 0. The Kier molecular flexibility index (Phi) is 53.6. The van der Waals surface area contributed by atoms with Gasteiger partial charge in [0.15, 0.2) is 5.78 Å². The highest BCUT2D eigenvalue weighted by atomic mass is 16.5. The van der Waals surface area contributed by atoms with Crippen LogP contribution in [0.4, 0.5) is 0 Å². The minimum atomic E-state index is -1.74. The Balaban J connectivity index is -0.00000184. The molecular weight excluding hydrogens is 1270 g/mol. The number of unbranched alkanes of at least 4 members (excludes halogenated alkanes) is 14. The molecular formula is C66H116N8O23. The number of ketones is 4. The van der Waals surface area contributed by atoms with Crippen molar-refractivity contribution in [2.45, 2.75) is 237 Å². The minimum absolute atomic E-state index is 0. The molecule has 0 aliphatic rings. The number of nitrogens with two attached hydrogens (primary N) is 2. The molecule has 31 heteroatoms. The number of carbonyl (C=O) groups is 13. The van der Waals surface area contributed by atoms with Gasteiger partial charge in [0.1, 0.15) is 54.8 Å². The highest BCUT2D eigenvalue weighted by molar-refractivity contribution is 5.92. The summed E-state index contributed by atoms with van der Waals surface area (Å²) in [6.07, 6.45) is 18.3. The van der Waals surface area contributed by atoms with Gasteiger partial charge < -0.3 is 87.3 Å². The minimum Gasteiger partial charge on any atom is -0.481 e. The van der Waals surface area contributed by atoms with Crippen molar-refractivity contribution in [3.8, 4) is 0 Å². The van der Waals surface area contributed by atoms with Crippen molar-refractivity contribution >= 4 is 76.6 Å². The van der Waals surface area contributed by atoms with Crippen LogP contribution in [0, 0.1) is 17.8 Å². The Morgan fingerprint density at radius 2 is 1.04 bits per heavy atom. The molecule has 1 aromatic rings. The molecule has 7 atom stereocenters. The summed E-state index contributed by atoms with van der Waals surface area (Å²) in [7, 11) is 0. The Morgan fingerprint density at radius 3 is 1.56 bits per heavy atom. The first-order chi connectivity index (χ1) is 46.3. The second kappa shape index (κ2) is 57.9. The molecule has 0 aliphatic heterocycles. The number of aromatic nitrogens is 2. The van der Waals surface area contributed by atoms with Gasteiger partial charge in [0.2, 0.25) is 23.6 Å². The number of nitrogens with one attached hydrogen (secondary N) is 5. The number of aliphatic hydroxyl groups excluding tert-OH is 1. The number of carboxylic acids is 5. The van der Waals surface area contributed by atoms with E-state index in [1.165, 1.54) is 51.6 Å². The van der Waals surface area contributed by atoms with Gasteiger partial charge in [0.05, 0.1) is 51.3 Å². The molecule has 0 radical (unpaired) electrons. The summed E-state index contributed by atoms with van der Waals surface area (Å²) in [5.41, 5.74) is 12.0. The fraction of sp³-hybridized carbons (Fsp3) is 0.758. The number of aromatic amines is 1. The zero-order valence-corrected chi connectivity index (χ0v) is 56.9. The number of carboxylic acid groups (broad SMARTS) is 5. The first-order valence-electron chi connectivity index (χ1n) is 34.1. The van der Waals surface area contributed by atoms with E-state index in [4.69, 9.17) is 40.6 Å². The van der Waals surface area contributed by atoms with E-state index in [-0.39, 0.29) is 137 Å². The molecule has 0 bridgehead atoms. The summed E-state index contributed by atoms with van der Waals surface area (Å²) in [5.74, 6) is -12.4. The maximum absolute atomic E-state index is 13.0. The van der Waals surface area contributed by atoms with Crippen LogP contribution in [0.3, 0.4) is 0 Å². The van der Waals surface area contributed by atoms with Crippen LogP contribution >= 0.6 is 0 Å². The van der Waals surface area contributed by atoms with Crippen LogP contribution in [0.5, 0.6) is 0 Å². The molecule has 0 unspecified atom stereocenters. The van der Waals surface area contributed by atoms with Crippen molar-refractivity contribution in [1.82, 2.24) is 31.2 Å². The van der Waals surface area contributed by atoms with E-state index >= 15 is 0 Å². The third-order valence-electron chi connectivity index (χ3n) is 15.5. The number of hydrogen-bond donors (Lipinski definition) is 13. The molecule has 0 spiro atoms. The normalized spacial score (nSPS) is 13.2. The lowest BCUT2D eigenvalue weighted by atomic mass is 9.85. The van der Waals surface area contributed by atoms with Crippen molar-refractivity contribution in [2.75, 3.05) is 65.9 Å². The highest BCUT2D eigenvalue weighted by Gasteiger charge is 2.32. The van der Waals surface area contributed by atoms with E-state index in [1.54, 1.807) is 0 Å². The molecule has 4 amide bonds. The number of rotatable bonds is 64. The number of aliphatic hydroxyl groups is 1. The number of nitrogens with zero attached hydrogens (tertiary/aromatic N) is 1. The number of amides is 4. The Labute approximate surface area is 571 Å². The van der Waals surface area contributed by atoms with E-state index in [9.17, 15) is 82.8 Å². The molecule has 0 aromatic carbocycles. The third-order valence-corrected chi connectivity index (χ3v) is 15.5. The standard InChI is InChI=1S/C34H58N6O12.C32H54N2O11.2H2/c1-2-6-26(41)8-5-11-49-13-15-51-22-32(45)39-10-12-50-14-16-52-21-31(44)38-9-4-3-7-24(29(42)19-27(33(36)46)34(47)48)17-30(43)28(35)18-25-20-37-23-40-25;1-23(30(40)41)33-28(37)21-18-24(31(42)43)22-25(35)19-20-26(32(44)45)34-27(36)16-14-12-10-8-6-4-2-3-5-7-9-11-13-15-17-29(38)39;;/h20,23-24,27-28,33,46H,2-19,21-22,35-36H2,1H3,(H,37,40)(H,38,44)(H,39,45)(H,47,48);23-24,26H,2-22H2,1H3,(H,33,37)(H,34,36)(H,38,39)(H,40,41)(H,42,43)(H,44,45);2*1H/t24-,27+,28+,33+;23-,24+,26-;;/m10../s1. The zero-order chi connectivity index (χ0) is 72.6. The highest BCUT2D eigenvalue weighted by Crippen LogP contribution is 2.22. The molecule has 1 rings (SSSR count). The number of Topliss-reactive ketones (excluding diaryl/α,β-unsaturated/α-hetero) is 4. The molecule has 558 valence electrons. The summed E-state index contributed by atoms with van der Waals surface area (Å²) in [4.78, 5) is 160. The molecule has 0 saturated heterocycles. The second-order valence-electron chi connectivity index (χ2n) is 24.1. The average Bonchev–Trinajstić information content (AvgIpc) is 1.58. The van der Waals surface area contributed by atoms with E-state index in [1.807, 2.05) is 6.92 Å². The molecule has 97 heavy (non-hydrogen) atoms. The number of imidazole rings is 1. The average molecular weight is 1390 g/mol. The lowest BCUT2D eigenvalue weighted by molar-refractivity contribution is -0.148. The van der Waals surface area contributed by atoms with Gasteiger partial charge in [-0.25, -0.2) is 9.78 Å². The van der Waals surface area contributed by atoms with E-state index in [0.29, 0.717) is 57.4 Å². The maximum atomic E-state index is 13.0. The van der Waals surface area contributed by atoms with E-state index in [2.05, 4.69) is 31.2 Å². The van der Waals surface area contributed by atoms with Crippen LogP contribution in [0.1, 0.15) is 215 Å². The summed E-state index contributed by atoms with van der Waals surface area (Å²) in [6, 6.07) is -3.31. The fourth-order valence-electron chi connectivity index (χ4n) is 9.79.